The molecule has 0 radical (unpaired) electrons. The first kappa shape index (κ1) is 13.8. The smallest absolute Gasteiger partial charge is 0.248 e. The summed E-state index contributed by atoms with van der Waals surface area (Å²) in [6, 6.07) is -0.353. The van der Waals surface area contributed by atoms with Crippen LogP contribution in [0.15, 0.2) is 5.18 Å². The number of Topliss-reactive ketones (excluding diaryl/α,β-unsaturated/α-hetero) is 1. The normalized spacial score (nSPS) is 24.1. The Morgan fingerprint density at radius 1 is 1.41 bits per heavy atom. The van der Waals surface area contributed by atoms with Crippen LogP contribution in [0.1, 0.15) is 33.6 Å². The second-order valence-electron chi connectivity index (χ2n) is 4.83. The van der Waals surface area contributed by atoms with Crippen LogP contribution in [0.3, 0.4) is 0 Å². The Morgan fingerprint density at radius 3 is 2.53 bits per heavy atom. The minimum atomic E-state index is -0.363. The number of amides is 1. The lowest BCUT2D eigenvalue weighted by Gasteiger charge is -2.27. The van der Waals surface area contributed by atoms with Gasteiger partial charge in [-0.1, -0.05) is 32.4 Å². The minimum absolute atomic E-state index is 0.0911. The zero-order valence-corrected chi connectivity index (χ0v) is 10.7. The third-order valence-electron chi connectivity index (χ3n) is 3.43. The van der Waals surface area contributed by atoms with E-state index in [0.29, 0.717) is 6.54 Å². The van der Waals surface area contributed by atoms with Crippen molar-refractivity contribution in [2.24, 2.45) is 17.0 Å². The van der Waals surface area contributed by atoms with Crippen molar-refractivity contribution in [1.82, 2.24) is 4.90 Å². The van der Waals surface area contributed by atoms with Gasteiger partial charge in [0.05, 0.1) is 6.04 Å². The van der Waals surface area contributed by atoms with Gasteiger partial charge in [-0.3, -0.25) is 9.59 Å². The van der Waals surface area contributed by atoms with Gasteiger partial charge in [0, 0.05) is 12.5 Å². The molecule has 1 aliphatic heterocycles. The van der Waals surface area contributed by atoms with Gasteiger partial charge in [-0.05, 0) is 12.3 Å². The molecule has 0 saturated carbocycles. The van der Waals surface area contributed by atoms with Crippen LogP contribution in [0.4, 0.5) is 0 Å². The van der Waals surface area contributed by atoms with Crippen molar-refractivity contribution in [3.05, 3.63) is 4.91 Å². The van der Waals surface area contributed by atoms with E-state index in [0.717, 1.165) is 12.8 Å². The molecule has 0 aliphatic carbocycles. The van der Waals surface area contributed by atoms with E-state index in [1.54, 1.807) is 0 Å². The van der Waals surface area contributed by atoms with Crippen LogP contribution < -0.4 is 0 Å². The predicted octanol–water partition coefficient (Wildman–Crippen LogP) is 1.60. The third-order valence-corrected chi connectivity index (χ3v) is 3.43. The van der Waals surface area contributed by atoms with E-state index in [1.165, 1.54) is 4.90 Å². The molecule has 0 aromatic rings. The lowest BCUT2D eigenvalue weighted by Crippen LogP contribution is -2.45. The Morgan fingerprint density at radius 2 is 2.06 bits per heavy atom. The third kappa shape index (κ3) is 2.90. The summed E-state index contributed by atoms with van der Waals surface area (Å²) in [5.74, 6) is -0.101. The lowest BCUT2D eigenvalue weighted by molar-refractivity contribution is -0.138. The van der Waals surface area contributed by atoms with Crippen LogP contribution >= 0.6 is 0 Å². The van der Waals surface area contributed by atoms with Gasteiger partial charge in [-0.25, -0.2) is 0 Å². The molecule has 1 rings (SSSR count). The molecular weight excluding hydrogens is 220 g/mol. The first-order chi connectivity index (χ1) is 8.02. The molecule has 96 valence electrons. The Kier molecular flexibility index (Phi) is 4.78. The molecule has 1 heterocycles. The van der Waals surface area contributed by atoms with Crippen LogP contribution in [0.25, 0.3) is 0 Å². The number of ketones is 1. The fraction of sp³-hybridized carbons (Fsp3) is 0.833. The van der Waals surface area contributed by atoms with Crippen LogP contribution in [-0.4, -0.2) is 35.7 Å². The van der Waals surface area contributed by atoms with Crippen molar-refractivity contribution in [3.8, 4) is 0 Å². The molecule has 1 saturated heterocycles. The monoisotopic (exact) mass is 240 g/mol. The number of carbonyl (C=O) groups is 2. The van der Waals surface area contributed by atoms with E-state index in [2.05, 4.69) is 5.18 Å². The number of hydrogen-bond acceptors (Lipinski definition) is 4. The van der Waals surface area contributed by atoms with Gasteiger partial charge < -0.3 is 4.90 Å². The summed E-state index contributed by atoms with van der Waals surface area (Å²) in [4.78, 5) is 35.5. The first-order valence-corrected chi connectivity index (χ1v) is 6.15. The molecule has 1 amide bonds. The van der Waals surface area contributed by atoms with Gasteiger partial charge in [-0.2, -0.15) is 4.91 Å². The maximum absolute atomic E-state index is 12.1. The summed E-state index contributed by atoms with van der Waals surface area (Å²) in [5.41, 5.74) is 0. The molecule has 1 aliphatic rings. The second kappa shape index (κ2) is 5.89. The number of likely N-dealkylation sites (tertiary alicyclic amines) is 1. The van der Waals surface area contributed by atoms with Crippen LogP contribution in [-0.2, 0) is 9.59 Å². The lowest BCUT2D eigenvalue weighted by atomic mass is 9.89. The van der Waals surface area contributed by atoms with E-state index in [4.69, 9.17) is 0 Å². The molecule has 5 nitrogen and oxygen atoms in total. The molecule has 5 heteroatoms. The van der Waals surface area contributed by atoms with Crippen molar-refractivity contribution in [2.75, 3.05) is 13.1 Å². The quantitative estimate of drug-likeness (QED) is 0.685. The van der Waals surface area contributed by atoms with E-state index < -0.39 is 0 Å². The Hall–Kier alpha value is -1.26. The highest BCUT2D eigenvalue weighted by atomic mass is 16.3. The van der Waals surface area contributed by atoms with Crippen molar-refractivity contribution < 1.29 is 9.59 Å². The van der Waals surface area contributed by atoms with Crippen molar-refractivity contribution in [2.45, 2.75) is 39.7 Å². The fourth-order valence-corrected chi connectivity index (χ4v) is 2.44. The Labute approximate surface area is 102 Å². The largest absolute Gasteiger partial charge is 0.331 e. The van der Waals surface area contributed by atoms with E-state index >= 15 is 0 Å². The van der Waals surface area contributed by atoms with Crippen LogP contribution in [0, 0.1) is 16.7 Å². The maximum atomic E-state index is 12.1. The topological polar surface area (TPSA) is 66.8 Å². The fourth-order valence-electron chi connectivity index (χ4n) is 2.44. The van der Waals surface area contributed by atoms with Gasteiger partial charge in [-0.15, -0.1) is 0 Å². The number of nitroso groups, excluding NO2 is 1. The SMILES string of the molecule is CC[C@@H]1CCN(C(=O)CN=O)[C@@H]1C(=O)C(C)C. The van der Waals surface area contributed by atoms with Gasteiger partial charge in [0.15, 0.2) is 12.3 Å². The molecule has 0 spiro atoms. The standard InChI is InChI=1S/C12H20N2O3/c1-4-9-5-6-14(10(15)7-13-17)11(9)12(16)8(2)3/h8-9,11H,4-7H2,1-3H3/t9-,11+/m1/s1. The molecule has 0 aromatic carbocycles. The van der Waals surface area contributed by atoms with Gasteiger partial charge in [0.25, 0.3) is 0 Å². The molecular formula is C12H20N2O3. The average Bonchev–Trinajstić information content (AvgIpc) is 2.71. The summed E-state index contributed by atoms with van der Waals surface area (Å²) in [5, 5.41) is 2.62. The van der Waals surface area contributed by atoms with E-state index in [9.17, 15) is 14.5 Å². The molecule has 0 aromatic heterocycles. The molecule has 17 heavy (non-hydrogen) atoms. The summed E-state index contributed by atoms with van der Waals surface area (Å²) < 4.78 is 0. The summed E-state index contributed by atoms with van der Waals surface area (Å²) in [7, 11) is 0. The Balaban J connectivity index is 2.86. The molecule has 0 unspecified atom stereocenters. The molecule has 1 fully saturated rings. The van der Waals surface area contributed by atoms with Crippen molar-refractivity contribution >= 4 is 11.7 Å². The zero-order valence-electron chi connectivity index (χ0n) is 10.7. The summed E-state index contributed by atoms with van der Waals surface area (Å²) in [6.07, 6.45) is 1.71. The Bertz CT molecular complexity index is 315. The maximum Gasteiger partial charge on any atom is 0.248 e. The van der Waals surface area contributed by atoms with Gasteiger partial charge >= 0.3 is 0 Å². The number of hydrogen-bond donors (Lipinski definition) is 0. The summed E-state index contributed by atoms with van der Waals surface area (Å²) >= 11 is 0. The van der Waals surface area contributed by atoms with E-state index in [-0.39, 0.29) is 36.1 Å². The van der Waals surface area contributed by atoms with Crippen molar-refractivity contribution in [1.29, 1.82) is 0 Å². The highest BCUT2D eigenvalue weighted by molar-refractivity contribution is 5.91. The number of nitrogens with zero attached hydrogens (tertiary/aromatic N) is 2. The first-order valence-electron chi connectivity index (χ1n) is 6.15. The molecule has 2 atom stereocenters. The second-order valence-corrected chi connectivity index (χ2v) is 4.83. The molecule has 0 bridgehead atoms. The highest BCUT2D eigenvalue weighted by Gasteiger charge is 2.41. The highest BCUT2D eigenvalue weighted by Crippen LogP contribution is 2.29. The van der Waals surface area contributed by atoms with Gasteiger partial charge in [0.1, 0.15) is 0 Å². The average molecular weight is 240 g/mol. The van der Waals surface area contributed by atoms with Crippen LogP contribution in [0.5, 0.6) is 0 Å². The predicted molar refractivity (Wildman–Crippen MR) is 64.4 cm³/mol. The van der Waals surface area contributed by atoms with Crippen molar-refractivity contribution in [3.63, 3.8) is 0 Å². The van der Waals surface area contributed by atoms with Crippen LogP contribution in [0.2, 0.25) is 0 Å². The zero-order chi connectivity index (χ0) is 13.0. The number of rotatable bonds is 5. The minimum Gasteiger partial charge on any atom is -0.331 e. The molecule has 0 N–H and O–H groups in total. The summed E-state index contributed by atoms with van der Waals surface area (Å²) in [6.45, 7) is 5.91. The van der Waals surface area contributed by atoms with Gasteiger partial charge in [0.2, 0.25) is 5.91 Å². The number of carbonyl (C=O) groups excluding carboxylic acids is 2. The van der Waals surface area contributed by atoms with E-state index in [1.807, 2.05) is 20.8 Å².